The highest BCUT2D eigenvalue weighted by Gasteiger charge is 2.07. The van der Waals surface area contributed by atoms with Gasteiger partial charge in [0.1, 0.15) is 11.8 Å². The van der Waals surface area contributed by atoms with Crippen LogP contribution in [0, 0.1) is 18.3 Å². The van der Waals surface area contributed by atoms with E-state index >= 15 is 0 Å². The molecule has 1 heterocycles. The number of hydrogen-bond donors (Lipinski definition) is 1. The van der Waals surface area contributed by atoms with E-state index in [0.29, 0.717) is 16.3 Å². The van der Waals surface area contributed by atoms with Crippen LogP contribution < -0.4 is 0 Å². The Bertz CT molecular complexity index is 887. The fraction of sp³-hybridized carbons (Fsp3) is 0.0625. The van der Waals surface area contributed by atoms with E-state index in [2.05, 4.69) is 15.2 Å². The third kappa shape index (κ3) is 2.51. The summed E-state index contributed by atoms with van der Waals surface area (Å²) in [4.78, 5) is 3.27. The second-order valence-corrected chi connectivity index (χ2v) is 5.03. The van der Waals surface area contributed by atoms with Gasteiger partial charge in [-0.25, -0.2) is 0 Å². The predicted molar refractivity (Wildman–Crippen MR) is 83.4 cm³/mol. The fourth-order valence-electron chi connectivity index (χ4n) is 2.16. The molecule has 0 aliphatic heterocycles. The molecule has 0 fully saturated rings. The second-order valence-electron chi connectivity index (χ2n) is 4.62. The number of benzene rings is 2. The number of fused-ring (bicyclic) bond motifs is 1. The molecule has 5 heteroatoms. The van der Waals surface area contributed by atoms with E-state index in [1.807, 2.05) is 37.3 Å². The second kappa shape index (κ2) is 5.39. The van der Waals surface area contributed by atoms with Crippen LogP contribution in [0.3, 0.4) is 0 Å². The minimum absolute atomic E-state index is 0.379. The molecule has 2 aromatic carbocycles. The minimum Gasteiger partial charge on any atom is -0.357 e. The smallest absolute Gasteiger partial charge is 0.114 e. The van der Waals surface area contributed by atoms with Crippen LogP contribution in [0.5, 0.6) is 0 Å². The number of nitriles is 1. The van der Waals surface area contributed by atoms with E-state index in [4.69, 9.17) is 16.9 Å². The molecule has 102 valence electrons. The van der Waals surface area contributed by atoms with E-state index in [1.54, 1.807) is 18.2 Å². The summed E-state index contributed by atoms with van der Waals surface area (Å²) in [5, 5.41) is 18.8. The topological polar surface area (TPSA) is 64.3 Å². The fourth-order valence-corrected chi connectivity index (χ4v) is 2.37. The lowest BCUT2D eigenvalue weighted by atomic mass is 10.2. The Morgan fingerprint density at radius 1 is 1.14 bits per heavy atom. The number of H-pyrrole nitrogens is 1. The zero-order valence-electron chi connectivity index (χ0n) is 11.3. The Hall–Kier alpha value is -2.64. The average Bonchev–Trinajstić information content (AvgIpc) is 2.81. The Kier molecular flexibility index (Phi) is 3.43. The molecule has 0 unspecified atom stereocenters. The summed E-state index contributed by atoms with van der Waals surface area (Å²) in [6.07, 6.45) is 0. The Balaban J connectivity index is 2.00. The van der Waals surface area contributed by atoms with Gasteiger partial charge in [0.15, 0.2) is 0 Å². The molecule has 0 atom stereocenters. The van der Waals surface area contributed by atoms with Crippen molar-refractivity contribution in [2.24, 2.45) is 10.2 Å². The molecule has 3 rings (SSSR count). The number of nitrogens with zero attached hydrogens (tertiary/aromatic N) is 3. The van der Waals surface area contributed by atoms with Crippen LogP contribution in [-0.2, 0) is 0 Å². The third-order valence-corrected chi connectivity index (χ3v) is 3.51. The lowest BCUT2D eigenvalue weighted by Crippen LogP contribution is -1.75. The first-order chi connectivity index (χ1) is 10.2. The van der Waals surface area contributed by atoms with Gasteiger partial charge in [-0.3, -0.25) is 0 Å². The maximum absolute atomic E-state index is 8.85. The van der Waals surface area contributed by atoms with Gasteiger partial charge in [0.05, 0.1) is 16.3 Å². The lowest BCUT2D eigenvalue weighted by Gasteiger charge is -1.96. The molecule has 0 saturated carbocycles. The average molecular weight is 295 g/mol. The number of para-hydroxylation sites is 1. The molecule has 0 aliphatic rings. The normalized spacial score (nSPS) is 11.1. The third-order valence-electron chi connectivity index (χ3n) is 3.20. The van der Waals surface area contributed by atoms with Gasteiger partial charge in [0.25, 0.3) is 0 Å². The standard InChI is InChI=1S/C16H11ClN4/c1-10-16(13-4-2-3-5-15(13)19-10)21-20-12-7-6-11(9-18)14(17)8-12/h2-8,19H,1H3. The van der Waals surface area contributed by atoms with Gasteiger partial charge in [0, 0.05) is 16.6 Å². The molecule has 0 saturated heterocycles. The quantitative estimate of drug-likeness (QED) is 0.630. The van der Waals surface area contributed by atoms with Crippen LogP contribution in [-0.4, -0.2) is 4.98 Å². The zero-order chi connectivity index (χ0) is 14.8. The number of halogens is 1. The molecule has 3 aromatic rings. The highest BCUT2D eigenvalue weighted by molar-refractivity contribution is 6.32. The molecule has 4 nitrogen and oxygen atoms in total. The Morgan fingerprint density at radius 2 is 1.95 bits per heavy atom. The predicted octanol–water partition coefficient (Wildman–Crippen LogP) is 5.42. The highest BCUT2D eigenvalue weighted by Crippen LogP contribution is 2.31. The molecular weight excluding hydrogens is 284 g/mol. The first kappa shape index (κ1) is 13.3. The molecular formula is C16H11ClN4. The van der Waals surface area contributed by atoms with Gasteiger partial charge in [0.2, 0.25) is 0 Å². The van der Waals surface area contributed by atoms with Crippen LogP contribution in [0.1, 0.15) is 11.3 Å². The maximum atomic E-state index is 8.85. The molecule has 1 N–H and O–H groups in total. The SMILES string of the molecule is Cc1[nH]c2ccccc2c1N=Nc1ccc(C#N)c(Cl)c1. The van der Waals surface area contributed by atoms with Gasteiger partial charge in [-0.2, -0.15) is 10.4 Å². The van der Waals surface area contributed by atoms with Crippen LogP contribution >= 0.6 is 11.6 Å². The van der Waals surface area contributed by atoms with Gasteiger partial charge in [-0.1, -0.05) is 29.8 Å². The number of azo groups is 1. The van der Waals surface area contributed by atoms with Crippen LogP contribution in [0.4, 0.5) is 11.4 Å². The summed E-state index contributed by atoms with van der Waals surface area (Å²) in [6, 6.07) is 14.9. The van der Waals surface area contributed by atoms with Crippen molar-refractivity contribution in [3.05, 3.63) is 58.7 Å². The van der Waals surface area contributed by atoms with Gasteiger partial charge in [-0.05, 0) is 31.2 Å². The number of nitrogens with one attached hydrogen (secondary N) is 1. The van der Waals surface area contributed by atoms with E-state index in [9.17, 15) is 0 Å². The Labute approximate surface area is 126 Å². The number of aromatic amines is 1. The monoisotopic (exact) mass is 294 g/mol. The lowest BCUT2D eigenvalue weighted by molar-refractivity contribution is 1.20. The van der Waals surface area contributed by atoms with Crippen LogP contribution in [0.15, 0.2) is 52.7 Å². The van der Waals surface area contributed by atoms with E-state index in [-0.39, 0.29) is 0 Å². The molecule has 1 aromatic heterocycles. The number of rotatable bonds is 2. The van der Waals surface area contributed by atoms with Crippen molar-refractivity contribution in [1.29, 1.82) is 5.26 Å². The molecule has 0 aliphatic carbocycles. The van der Waals surface area contributed by atoms with E-state index in [0.717, 1.165) is 22.3 Å². The first-order valence-corrected chi connectivity index (χ1v) is 6.75. The van der Waals surface area contributed by atoms with Crippen molar-refractivity contribution < 1.29 is 0 Å². The van der Waals surface area contributed by atoms with Crippen LogP contribution in [0.2, 0.25) is 5.02 Å². The number of aryl methyl sites for hydroxylation is 1. The number of aromatic nitrogens is 1. The highest BCUT2D eigenvalue weighted by atomic mass is 35.5. The molecule has 0 radical (unpaired) electrons. The largest absolute Gasteiger partial charge is 0.357 e. The van der Waals surface area contributed by atoms with Gasteiger partial charge >= 0.3 is 0 Å². The Morgan fingerprint density at radius 3 is 2.71 bits per heavy atom. The van der Waals surface area contributed by atoms with Crippen molar-refractivity contribution in [2.45, 2.75) is 6.92 Å². The molecule has 0 spiro atoms. The summed E-state index contributed by atoms with van der Waals surface area (Å²) in [5.41, 5.74) is 3.84. The maximum Gasteiger partial charge on any atom is 0.114 e. The van der Waals surface area contributed by atoms with Gasteiger partial charge < -0.3 is 4.98 Å². The van der Waals surface area contributed by atoms with Crippen molar-refractivity contribution in [3.63, 3.8) is 0 Å². The number of hydrogen-bond acceptors (Lipinski definition) is 3. The zero-order valence-corrected chi connectivity index (χ0v) is 12.0. The summed E-state index contributed by atoms with van der Waals surface area (Å²) in [6.45, 7) is 1.96. The van der Waals surface area contributed by atoms with E-state index in [1.165, 1.54) is 0 Å². The van der Waals surface area contributed by atoms with E-state index < -0.39 is 0 Å². The summed E-state index contributed by atoms with van der Waals surface area (Å²) < 4.78 is 0. The first-order valence-electron chi connectivity index (χ1n) is 6.38. The minimum atomic E-state index is 0.379. The van der Waals surface area contributed by atoms with Crippen molar-refractivity contribution in [1.82, 2.24) is 4.98 Å². The van der Waals surface area contributed by atoms with Crippen LogP contribution in [0.25, 0.3) is 10.9 Å². The van der Waals surface area contributed by atoms with Crippen molar-refractivity contribution >= 4 is 33.9 Å². The molecule has 0 amide bonds. The summed E-state index contributed by atoms with van der Waals surface area (Å²) in [7, 11) is 0. The molecule has 0 bridgehead atoms. The summed E-state index contributed by atoms with van der Waals surface area (Å²) >= 11 is 5.99. The van der Waals surface area contributed by atoms with Crippen molar-refractivity contribution in [2.75, 3.05) is 0 Å². The van der Waals surface area contributed by atoms with Crippen molar-refractivity contribution in [3.8, 4) is 6.07 Å². The summed E-state index contributed by atoms with van der Waals surface area (Å²) in [5.74, 6) is 0. The molecule has 21 heavy (non-hydrogen) atoms. The van der Waals surface area contributed by atoms with Gasteiger partial charge in [-0.15, -0.1) is 5.11 Å².